The van der Waals surface area contributed by atoms with E-state index in [1.807, 2.05) is 50.6 Å². The lowest BCUT2D eigenvalue weighted by atomic mass is 9.93. The minimum atomic E-state index is -0.264. The average molecular weight is 447 g/mol. The van der Waals surface area contributed by atoms with Crippen molar-refractivity contribution in [3.8, 4) is 11.1 Å². The number of allylic oxidation sites excluding steroid dienone is 1. The van der Waals surface area contributed by atoms with Gasteiger partial charge in [-0.05, 0) is 48.2 Å². The van der Waals surface area contributed by atoms with Crippen LogP contribution in [-0.2, 0) is 23.0 Å². The molecule has 1 aliphatic heterocycles. The number of nitrogens with one attached hydrogen (secondary N) is 1. The number of hydrogen-bond acceptors (Lipinski definition) is 7. The Morgan fingerprint density at radius 2 is 2.06 bits per heavy atom. The summed E-state index contributed by atoms with van der Waals surface area (Å²) in [5, 5.41) is 9.70. The zero-order valence-electron chi connectivity index (χ0n) is 19.2. The van der Waals surface area contributed by atoms with Gasteiger partial charge in [0.05, 0.1) is 31.5 Å². The molecule has 4 rings (SSSR count). The van der Waals surface area contributed by atoms with Gasteiger partial charge in [0, 0.05) is 42.3 Å². The van der Waals surface area contributed by atoms with E-state index in [4.69, 9.17) is 16.3 Å². The van der Waals surface area contributed by atoms with Crippen molar-refractivity contribution in [2.45, 2.75) is 25.8 Å². The largest absolute Gasteiger partial charge is 0.469 e. The summed E-state index contributed by atoms with van der Waals surface area (Å²) in [4.78, 5) is 11.7. The summed E-state index contributed by atoms with van der Waals surface area (Å²) in [5.41, 5.74) is 13.8. The van der Waals surface area contributed by atoms with Crippen molar-refractivity contribution in [3.05, 3.63) is 77.2 Å². The maximum atomic E-state index is 11.7. The molecule has 5 N–H and O–H groups in total. The van der Waals surface area contributed by atoms with Crippen molar-refractivity contribution < 1.29 is 9.53 Å². The highest BCUT2D eigenvalue weighted by Gasteiger charge is 2.26. The third kappa shape index (κ3) is 4.85. The molecule has 2 heterocycles. The quantitative estimate of drug-likeness (QED) is 0.408. The monoisotopic (exact) mass is 446 g/mol. The molecule has 8 heteroatoms. The van der Waals surface area contributed by atoms with Gasteiger partial charge in [-0.2, -0.15) is 5.10 Å². The first-order chi connectivity index (χ1) is 15.9. The van der Waals surface area contributed by atoms with Crippen molar-refractivity contribution >= 4 is 17.4 Å². The second-order valence-corrected chi connectivity index (χ2v) is 8.37. The fourth-order valence-electron chi connectivity index (χ4n) is 4.31. The Labute approximate surface area is 193 Å². The van der Waals surface area contributed by atoms with Gasteiger partial charge in [0.1, 0.15) is 0 Å². The van der Waals surface area contributed by atoms with Gasteiger partial charge in [-0.3, -0.25) is 9.48 Å². The van der Waals surface area contributed by atoms with Crippen molar-refractivity contribution in [2.75, 3.05) is 19.0 Å². The number of carbonyl (C=O) groups is 1. The van der Waals surface area contributed by atoms with Crippen LogP contribution in [0.25, 0.3) is 16.8 Å². The smallest absolute Gasteiger partial charge is 0.309 e. The Kier molecular flexibility index (Phi) is 6.37. The number of nitrogens with zero attached hydrogens (tertiary/aromatic N) is 3. The lowest BCUT2D eigenvalue weighted by molar-refractivity contribution is -0.139. The summed E-state index contributed by atoms with van der Waals surface area (Å²) in [5.74, 6) is 6.14. The Morgan fingerprint density at radius 3 is 2.76 bits per heavy atom. The second-order valence-electron chi connectivity index (χ2n) is 8.37. The Hall–Kier alpha value is -3.78. The molecule has 1 unspecified atom stereocenters. The van der Waals surface area contributed by atoms with E-state index in [0.717, 1.165) is 45.6 Å². The van der Waals surface area contributed by atoms with Gasteiger partial charge in [-0.25, -0.2) is 5.84 Å². The number of rotatable bonds is 5. The summed E-state index contributed by atoms with van der Waals surface area (Å²) < 4.78 is 6.60. The van der Waals surface area contributed by atoms with Gasteiger partial charge in [0.15, 0.2) is 0 Å². The van der Waals surface area contributed by atoms with E-state index < -0.39 is 0 Å². The van der Waals surface area contributed by atoms with E-state index in [1.54, 1.807) is 9.69 Å². The number of anilines is 1. The maximum absolute atomic E-state index is 11.7. The van der Waals surface area contributed by atoms with Crippen LogP contribution in [0.1, 0.15) is 36.1 Å². The number of fused-ring (bicyclic) bond motifs is 1. The van der Waals surface area contributed by atoms with E-state index >= 15 is 0 Å². The number of aromatic nitrogens is 2. The molecular weight excluding hydrogens is 416 g/mol. The molecule has 0 saturated carbocycles. The van der Waals surface area contributed by atoms with Crippen molar-refractivity contribution in [1.29, 1.82) is 0 Å². The summed E-state index contributed by atoms with van der Waals surface area (Å²) in [6, 6.07) is 14.2. The number of nitrogens with two attached hydrogens (primary N) is 2. The zero-order valence-corrected chi connectivity index (χ0v) is 19.2. The van der Waals surface area contributed by atoms with Crippen LogP contribution < -0.4 is 16.9 Å². The molecule has 0 spiro atoms. The molecule has 33 heavy (non-hydrogen) atoms. The first-order valence-electron chi connectivity index (χ1n) is 10.9. The average Bonchev–Trinajstić information content (AvgIpc) is 3.17. The molecule has 0 bridgehead atoms. The van der Waals surface area contributed by atoms with Crippen LogP contribution in [0.3, 0.4) is 0 Å². The Balaban J connectivity index is 1.75. The van der Waals surface area contributed by atoms with Crippen molar-refractivity contribution in [2.24, 2.45) is 18.6 Å². The van der Waals surface area contributed by atoms with Crippen LogP contribution in [-0.4, -0.2) is 34.4 Å². The molecule has 3 aromatic rings. The van der Waals surface area contributed by atoms with Crippen molar-refractivity contribution in [1.82, 2.24) is 14.8 Å². The van der Waals surface area contributed by atoms with Gasteiger partial charge < -0.3 is 20.8 Å². The molecule has 0 radical (unpaired) electrons. The van der Waals surface area contributed by atoms with Crippen LogP contribution in [0.4, 0.5) is 5.69 Å². The molecule has 0 aliphatic carbocycles. The highest BCUT2D eigenvalue weighted by molar-refractivity contribution is 5.75. The molecule has 172 valence electrons. The SMILES string of the molecule is COC(=O)Cc1cccc(NC2CCN(N)/C(=C(/C)N)c3ccc(-c4cnn(C)c4)cc32)c1. The van der Waals surface area contributed by atoms with E-state index in [-0.39, 0.29) is 18.4 Å². The summed E-state index contributed by atoms with van der Waals surface area (Å²) in [6.45, 7) is 2.51. The van der Waals surface area contributed by atoms with Crippen LogP contribution >= 0.6 is 0 Å². The minimum absolute atomic E-state index is 0.00658. The summed E-state index contributed by atoms with van der Waals surface area (Å²) in [7, 11) is 3.30. The third-order valence-corrected chi connectivity index (χ3v) is 5.88. The molecular formula is C25H30N6O2. The lowest BCUT2D eigenvalue weighted by Crippen LogP contribution is -2.31. The zero-order chi connectivity index (χ0) is 23.5. The van der Waals surface area contributed by atoms with Crippen LogP contribution in [0.15, 0.2) is 60.6 Å². The van der Waals surface area contributed by atoms with Crippen LogP contribution in [0.5, 0.6) is 0 Å². The predicted octanol–water partition coefficient (Wildman–Crippen LogP) is 3.18. The molecule has 0 fully saturated rings. The number of ether oxygens (including phenoxy) is 1. The molecule has 0 saturated heterocycles. The number of methoxy groups -OCH3 is 1. The number of benzene rings is 2. The van der Waals surface area contributed by atoms with Crippen LogP contribution in [0, 0.1) is 0 Å². The molecule has 1 atom stereocenters. The minimum Gasteiger partial charge on any atom is -0.469 e. The summed E-state index contributed by atoms with van der Waals surface area (Å²) in [6.07, 6.45) is 4.86. The van der Waals surface area contributed by atoms with Crippen LogP contribution in [0.2, 0.25) is 0 Å². The fraction of sp³-hybridized carbons (Fsp3) is 0.280. The van der Waals surface area contributed by atoms with Gasteiger partial charge in [-0.15, -0.1) is 0 Å². The Bertz CT molecular complexity index is 1200. The van der Waals surface area contributed by atoms with E-state index in [9.17, 15) is 4.79 Å². The number of hydrazine groups is 1. The normalized spacial score (nSPS) is 17.2. The van der Waals surface area contributed by atoms with E-state index in [2.05, 4.69) is 28.6 Å². The van der Waals surface area contributed by atoms with Gasteiger partial charge >= 0.3 is 5.97 Å². The maximum Gasteiger partial charge on any atom is 0.309 e. The molecule has 2 aromatic carbocycles. The second kappa shape index (κ2) is 9.38. The lowest BCUT2D eigenvalue weighted by Gasteiger charge is -2.22. The number of hydrogen-bond donors (Lipinski definition) is 3. The highest BCUT2D eigenvalue weighted by atomic mass is 16.5. The van der Waals surface area contributed by atoms with Gasteiger partial charge in [-0.1, -0.05) is 24.3 Å². The fourth-order valence-corrected chi connectivity index (χ4v) is 4.31. The number of esters is 1. The first-order valence-corrected chi connectivity index (χ1v) is 10.9. The van der Waals surface area contributed by atoms with Gasteiger partial charge in [0.25, 0.3) is 0 Å². The third-order valence-electron chi connectivity index (χ3n) is 5.88. The van der Waals surface area contributed by atoms with Gasteiger partial charge in [0.2, 0.25) is 0 Å². The van der Waals surface area contributed by atoms with Crippen molar-refractivity contribution in [3.63, 3.8) is 0 Å². The molecule has 8 nitrogen and oxygen atoms in total. The summed E-state index contributed by atoms with van der Waals surface area (Å²) >= 11 is 0. The number of aryl methyl sites for hydroxylation is 1. The molecule has 1 aromatic heterocycles. The molecule has 1 aliphatic rings. The van der Waals surface area contributed by atoms with E-state index in [0.29, 0.717) is 12.2 Å². The predicted molar refractivity (Wildman–Crippen MR) is 129 cm³/mol. The topological polar surface area (TPSA) is 111 Å². The molecule has 0 amide bonds. The highest BCUT2D eigenvalue weighted by Crippen LogP contribution is 2.37. The first kappa shape index (κ1) is 22.4. The Morgan fingerprint density at radius 1 is 1.24 bits per heavy atom. The van der Waals surface area contributed by atoms with E-state index in [1.165, 1.54) is 7.11 Å². The number of carbonyl (C=O) groups excluding carboxylic acids is 1. The standard InChI is InChI=1S/C25H30N6O2/c1-16(26)25-21-8-7-18(19-14-28-30(2)15-19)13-22(21)23(9-10-31(25)27)29-20-6-4-5-17(11-20)12-24(32)33-3/h4-8,11,13-15,23,29H,9-10,12,26-27H2,1-3H3/b25-16-.